The van der Waals surface area contributed by atoms with Gasteiger partial charge in [-0.25, -0.2) is 0 Å². The average Bonchev–Trinajstić information content (AvgIpc) is 3.07. The molecule has 0 unspecified atom stereocenters. The fourth-order valence-electron chi connectivity index (χ4n) is 2.54. The number of furan rings is 1. The molecule has 24 heavy (non-hydrogen) atoms. The van der Waals surface area contributed by atoms with Crippen LogP contribution >= 0.6 is 0 Å². The lowest BCUT2D eigenvalue weighted by Gasteiger charge is -2.19. The van der Waals surface area contributed by atoms with Crippen LogP contribution < -0.4 is 10.3 Å². The third kappa shape index (κ3) is 3.32. The Bertz CT molecular complexity index is 912. The highest BCUT2D eigenvalue weighted by molar-refractivity contribution is 5.80. The highest BCUT2D eigenvalue weighted by atomic mass is 16.5. The van der Waals surface area contributed by atoms with Crippen molar-refractivity contribution in [1.29, 1.82) is 0 Å². The van der Waals surface area contributed by atoms with Crippen LogP contribution in [0.15, 0.2) is 51.9 Å². The average molecular weight is 326 g/mol. The van der Waals surface area contributed by atoms with Crippen LogP contribution in [0.1, 0.15) is 18.2 Å². The van der Waals surface area contributed by atoms with Crippen molar-refractivity contribution < 1.29 is 13.9 Å². The molecule has 2 aromatic heterocycles. The maximum atomic E-state index is 12.3. The molecule has 0 saturated heterocycles. The van der Waals surface area contributed by atoms with E-state index in [0.717, 1.165) is 5.39 Å². The van der Waals surface area contributed by atoms with Gasteiger partial charge in [0.1, 0.15) is 11.5 Å². The number of nitrogens with zero attached hydrogens (tertiary/aromatic N) is 1. The van der Waals surface area contributed by atoms with Crippen molar-refractivity contribution in [2.75, 3.05) is 7.11 Å². The lowest BCUT2D eigenvalue weighted by Crippen LogP contribution is -2.30. The zero-order valence-corrected chi connectivity index (χ0v) is 13.5. The molecule has 0 aliphatic rings. The van der Waals surface area contributed by atoms with Crippen LogP contribution in [0.5, 0.6) is 5.75 Å². The normalized spacial score (nSPS) is 10.8. The zero-order valence-electron chi connectivity index (χ0n) is 13.5. The van der Waals surface area contributed by atoms with E-state index in [-0.39, 0.29) is 18.0 Å². The van der Waals surface area contributed by atoms with Crippen molar-refractivity contribution >= 4 is 16.8 Å². The minimum atomic E-state index is -0.221. The Hall–Kier alpha value is -3.02. The van der Waals surface area contributed by atoms with Crippen molar-refractivity contribution in [2.45, 2.75) is 20.0 Å². The summed E-state index contributed by atoms with van der Waals surface area (Å²) in [6.07, 6.45) is 1.56. The second-order valence-electron chi connectivity index (χ2n) is 5.53. The third-order valence-electron chi connectivity index (χ3n) is 3.86. The molecule has 1 amide bonds. The fraction of sp³-hybridized carbons (Fsp3) is 0.222. The maximum Gasteiger partial charge on any atom is 0.253 e. The third-order valence-corrected chi connectivity index (χ3v) is 3.86. The van der Waals surface area contributed by atoms with E-state index in [4.69, 9.17) is 9.15 Å². The van der Waals surface area contributed by atoms with E-state index < -0.39 is 0 Å². The van der Waals surface area contributed by atoms with Crippen molar-refractivity contribution in [3.8, 4) is 5.75 Å². The summed E-state index contributed by atoms with van der Waals surface area (Å²) < 4.78 is 10.4. The van der Waals surface area contributed by atoms with Gasteiger partial charge in [0, 0.05) is 18.6 Å². The van der Waals surface area contributed by atoms with Gasteiger partial charge < -0.3 is 19.0 Å². The summed E-state index contributed by atoms with van der Waals surface area (Å²) in [7, 11) is 1.58. The van der Waals surface area contributed by atoms with Crippen molar-refractivity contribution in [3.05, 3.63) is 64.3 Å². The van der Waals surface area contributed by atoms with Gasteiger partial charge in [0.25, 0.3) is 5.56 Å². The van der Waals surface area contributed by atoms with E-state index in [9.17, 15) is 9.59 Å². The molecular weight excluding hydrogens is 308 g/mol. The van der Waals surface area contributed by atoms with E-state index in [0.29, 0.717) is 29.1 Å². The number of carbonyl (C=O) groups excluding carboxylic acids is 1. The van der Waals surface area contributed by atoms with E-state index in [2.05, 4.69) is 4.98 Å². The standard InChI is InChI=1S/C18H18N2O4/c1-12(21)20(11-16-4-3-7-24-16)10-14-8-13-5-6-15(23-2)9-17(13)19-18(14)22/h3-9H,10-11H2,1-2H3,(H,19,22). The van der Waals surface area contributed by atoms with Crippen LogP contribution in [-0.2, 0) is 17.9 Å². The summed E-state index contributed by atoms with van der Waals surface area (Å²) in [6, 6.07) is 10.8. The summed E-state index contributed by atoms with van der Waals surface area (Å²) in [5.41, 5.74) is 0.999. The lowest BCUT2D eigenvalue weighted by molar-refractivity contribution is -0.130. The van der Waals surface area contributed by atoms with Crippen molar-refractivity contribution in [1.82, 2.24) is 9.88 Å². The van der Waals surface area contributed by atoms with Crippen LogP contribution in [0, 0.1) is 0 Å². The number of fused-ring (bicyclic) bond motifs is 1. The van der Waals surface area contributed by atoms with Gasteiger partial charge in [-0.2, -0.15) is 0 Å². The monoisotopic (exact) mass is 326 g/mol. The molecule has 0 atom stereocenters. The summed E-state index contributed by atoms with van der Waals surface area (Å²) >= 11 is 0. The SMILES string of the molecule is COc1ccc2cc(CN(Cc3ccco3)C(C)=O)c(=O)[nH]c2c1. The van der Waals surface area contributed by atoms with Crippen LogP contribution in [0.3, 0.4) is 0 Å². The van der Waals surface area contributed by atoms with Crippen LogP contribution in [0.4, 0.5) is 0 Å². The van der Waals surface area contributed by atoms with Crippen LogP contribution in [0.2, 0.25) is 0 Å². The molecule has 1 N–H and O–H groups in total. The first kappa shape index (κ1) is 15.9. The summed E-state index contributed by atoms with van der Waals surface area (Å²) in [5, 5.41) is 0.881. The van der Waals surface area contributed by atoms with E-state index in [1.807, 2.05) is 12.1 Å². The summed E-state index contributed by atoms with van der Waals surface area (Å²) in [6.45, 7) is 2.01. The molecule has 0 radical (unpaired) electrons. The van der Waals surface area contributed by atoms with Gasteiger partial charge in [0.2, 0.25) is 5.91 Å². The quantitative estimate of drug-likeness (QED) is 0.782. The smallest absolute Gasteiger partial charge is 0.253 e. The molecule has 3 aromatic rings. The number of benzene rings is 1. The van der Waals surface area contributed by atoms with Gasteiger partial charge in [0.15, 0.2) is 0 Å². The first-order valence-corrected chi connectivity index (χ1v) is 7.54. The fourth-order valence-corrected chi connectivity index (χ4v) is 2.54. The number of nitrogens with one attached hydrogen (secondary N) is 1. The second kappa shape index (κ2) is 6.62. The molecule has 2 heterocycles. The van der Waals surface area contributed by atoms with Gasteiger partial charge in [-0.3, -0.25) is 9.59 Å². The number of amides is 1. The number of rotatable bonds is 5. The van der Waals surface area contributed by atoms with Gasteiger partial charge >= 0.3 is 0 Å². The first-order chi connectivity index (χ1) is 11.6. The Morgan fingerprint density at radius 3 is 2.75 bits per heavy atom. The van der Waals surface area contributed by atoms with Crippen molar-refractivity contribution in [2.24, 2.45) is 0 Å². The molecule has 0 fully saturated rings. The first-order valence-electron chi connectivity index (χ1n) is 7.54. The molecule has 0 spiro atoms. The van der Waals surface area contributed by atoms with Crippen LogP contribution in [0.25, 0.3) is 10.9 Å². The van der Waals surface area contributed by atoms with Gasteiger partial charge in [-0.1, -0.05) is 0 Å². The Labute approximate surface area is 138 Å². The lowest BCUT2D eigenvalue weighted by atomic mass is 10.1. The molecule has 6 nitrogen and oxygen atoms in total. The zero-order chi connectivity index (χ0) is 17.1. The van der Waals surface area contributed by atoms with Crippen molar-refractivity contribution in [3.63, 3.8) is 0 Å². The number of aromatic nitrogens is 1. The number of carbonyl (C=O) groups is 1. The number of hydrogen-bond donors (Lipinski definition) is 1. The van der Waals surface area contributed by atoms with Crippen LogP contribution in [-0.4, -0.2) is 22.9 Å². The van der Waals surface area contributed by atoms with Gasteiger partial charge in [-0.05, 0) is 35.7 Å². The molecule has 0 aliphatic heterocycles. The number of H-pyrrole nitrogens is 1. The Balaban J connectivity index is 1.91. The number of hydrogen-bond acceptors (Lipinski definition) is 4. The number of aromatic amines is 1. The Morgan fingerprint density at radius 2 is 2.08 bits per heavy atom. The maximum absolute atomic E-state index is 12.3. The minimum Gasteiger partial charge on any atom is -0.497 e. The predicted molar refractivity (Wildman–Crippen MR) is 89.8 cm³/mol. The van der Waals surface area contributed by atoms with E-state index in [1.54, 1.807) is 42.5 Å². The Kier molecular flexibility index (Phi) is 4.37. The molecule has 1 aromatic carbocycles. The predicted octanol–water partition coefficient (Wildman–Crippen LogP) is 2.68. The van der Waals surface area contributed by atoms with Gasteiger partial charge in [-0.15, -0.1) is 0 Å². The molecular formula is C18H18N2O4. The second-order valence-corrected chi connectivity index (χ2v) is 5.53. The molecule has 124 valence electrons. The molecule has 3 rings (SSSR count). The number of ether oxygens (including phenoxy) is 1. The highest BCUT2D eigenvalue weighted by Crippen LogP contribution is 2.19. The van der Waals surface area contributed by atoms with E-state index in [1.165, 1.54) is 6.92 Å². The topological polar surface area (TPSA) is 75.5 Å². The molecule has 0 aliphatic carbocycles. The number of pyridine rings is 1. The number of methoxy groups -OCH3 is 1. The molecule has 0 bridgehead atoms. The Morgan fingerprint density at radius 1 is 1.25 bits per heavy atom. The minimum absolute atomic E-state index is 0.124. The molecule has 6 heteroatoms. The summed E-state index contributed by atoms with van der Waals surface area (Å²) in [4.78, 5) is 28.6. The highest BCUT2D eigenvalue weighted by Gasteiger charge is 2.14. The van der Waals surface area contributed by atoms with E-state index >= 15 is 0 Å². The van der Waals surface area contributed by atoms with Gasteiger partial charge in [0.05, 0.1) is 32.0 Å². The largest absolute Gasteiger partial charge is 0.497 e. The molecule has 0 saturated carbocycles. The summed E-state index contributed by atoms with van der Waals surface area (Å²) in [5.74, 6) is 1.22.